The monoisotopic (exact) mass is 267 g/mol. The Balaban J connectivity index is 1.93. The Morgan fingerprint density at radius 2 is 1.94 bits per heavy atom. The normalized spacial score (nSPS) is 28.5. The molecule has 1 aromatic carbocycles. The van der Waals surface area contributed by atoms with Crippen LogP contribution in [-0.4, -0.2) is 38.0 Å². The van der Waals surface area contributed by atoms with Gasteiger partial charge in [-0.1, -0.05) is 17.7 Å². The maximum atomic E-state index is 12.6. The minimum absolute atomic E-state index is 0.0151. The molecule has 0 N–H and O–H groups in total. The summed E-state index contributed by atoms with van der Waals surface area (Å²) in [7, 11) is -3.36. The van der Waals surface area contributed by atoms with Crippen LogP contribution in [0, 0.1) is 6.92 Å². The van der Waals surface area contributed by atoms with Crippen LogP contribution in [0.4, 0.5) is 0 Å². The third-order valence-corrected chi connectivity index (χ3v) is 5.70. The molecule has 0 aliphatic carbocycles. The van der Waals surface area contributed by atoms with Crippen molar-refractivity contribution in [1.82, 2.24) is 4.31 Å². The number of fused-ring (bicyclic) bond motifs is 3. The Morgan fingerprint density at radius 1 is 1.22 bits per heavy atom. The van der Waals surface area contributed by atoms with Gasteiger partial charge in [-0.3, -0.25) is 0 Å². The topological polar surface area (TPSA) is 46.6 Å². The lowest BCUT2D eigenvalue weighted by Crippen LogP contribution is -2.56. The molecule has 3 aliphatic rings. The van der Waals surface area contributed by atoms with Crippen molar-refractivity contribution in [2.75, 3.05) is 13.2 Å². The third-order valence-electron chi connectivity index (χ3n) is 3.76. The number of ether oxygens (including phenoxy) is 1. The highest BCUT2D eigenvalue weighted by Crippen LogP contribution is 2.31. The van der Waals surface area contributed by atoms with Crippen molar-refractivity contribution in [1.29, 1.82) is 0 Å². The van der Waals surface area contributed by atoms with Crippen molar-refractivity contribution in [3.63, 3.8) is 0 Å². The molecule has 0 amide bonds. The quantitative estimate of drug-likeness (QED) is 0.816. The van der Waals surface area contributed by atoms with Crippen molar-refractivity contribution in [2.24, 2.45) is 0 Å². The van der Waals surface area contributed by atoms with Crippen LogP contribution < -0.4 is 0 Å². The molecule has 0 unspecified atom stereocenters. The van der Waals surface area contributed by atoms with Gasteiger partial charge in [-0.25, -0.2) is 8.42 Å². The number of hydrogen-bond donors (Lipinski definition) is 0. The molecular formula is C13H17NO3S. The van der Waals surface area contributed by atoms with Gasteiger partial charge >= 0.3 is 0 Å². The van der Waals surface area contributed by atoms with E-state index in [0.29, 0.717) is 18.0 Å². The van der Waals surface area contributed by atoms with Gasteiger partial charge < -0.3 is 4.74 Å². The molecule has 4 nitrogen and oxygen atoms in total. The van der Waals surface area contributed by atoms with Gasteiger partial charge in [0.2, 0.25) is 10.0 Å². The van der Waals surface area contributed by atoms with Crippen molar-refractivity contribution in [3.8, 4) is 0 Å². The zero-order valence-corrected chi connectivity index (χ0v) is 11.2. The lowest BCUT2D eigenvalue weighted by atomic mass is 10.00. The van der Waals surface area contributed by atoms with Crippen molar-refractivity contribution < 1.29 is 13.2 Å². The number of hydrogen-bond acceptors (Lipinski definition) is 3. The van der Waals surface area contributed by atoms with Crippen LogP contribution in [0.15, 0.2) is 29.2 Å². The summed E-state index contributed by atoms with van der Waals surface area (Å²) in [5.74, 6) is 0. The second-order valence-corrected chi connectivity index (χ2v) is 6.96. The second-order valence-electron chi connectivity index (χ2n) is 5.07. The zero-order valence-electron chi connectivity index (χ0n) is 10.4. The van der Waals surface area contributed by atoms with E-state index in [4.69, 9.17) is 4.74 Å². The number of sulfonamides is 1. The first-order chi connectivity index (χ1) is 8.57. The number of aryl methyl sites for hydroxylation is 1. The average molecular weight is 267 g/mol. The van der Waals surface area contributed by atoms with E-state index in [1.165, 1.54) is 0 Å². The van der Waals surface area contributed by atoms with Crippen molar-refractivity contribution in [2.45, 2.75) is 36.8 Å². The van der Waals surface area contributed by atoms with Gasteiger partial charge in [0, 0.05) is 12.6 Å². The molecule has 18 heavy (non-hydrogen) atoms. The highest BCUT2D eigenvalue weighted by atomic mass is 32.2. The number of benzene rings is 1. The predicted molar refractivity (Wildman–Crippen MR) is 67.8 cm³/mol. The molecule has 3 heterocycles. The Hall–Kier alpha value is -0.910. The van der Waals surface area contributed by atoms with Gasteiger partial charge in [0.05, 0.1) is 17.6 Å². The average Bonchev–Trinajstić information content (AvgIpc) is 2.40. The first kappa shape index (κ1) is 12.1. The van der Waals surface area contributed by atoms with Crippen LogP contribution in [0.2, 0.25) is 0 Å². The van der Waals surface area contributed by atoms with Crippen LogP contribution in [0.3, 0.4) is 0 Å². The van der Waals surface area contributed by atoms with Gasteiger partial charge in [-0.2, -0.15) is 4.31 Å². The van der Waals surface area contributed by atoms with Gasteiger partial charge in [0.25, 0.3) is 0 Å². The van der Waals surface area contributed by atoms with Crippen LogP contribution in [0.5, 0.6) is 0 Å². The van der Waals surface area contributed by atoms with E-state index >= 15 is 0 Å². The fraction of sp³-hybridized carbons (Fsp3) is 0.538. The summed E-state index contributed by atoms with van der Waals surface area (Å²) >= 11 is 0. The van der Waals surface area contributed by atoms with Crippen LogP contribution in [0.1, 0.15) is 18.4 Å². The first-order valence-electron chi connectivity index (χ1n) is 6.27. The smallest absolute Gasteiger partial charge is 0.243 e. The number of rotatable bonds is 2. The Kier molecular flexibility index (Phi) is 2.92. The maximum absolute atomic E-state index is 12.6. The van der Waals surface area contributed by atoms with Gasteiger partial charge in [0.1, 0.15) is 0 Å². The van der Waals surface area contributed by atoms with E-state index in [1.807, 2.05) is 19.1 Å². The molecule has 98 valence electrons. The Labute approximate surface area is 108 Å². The molecule has 4 rings (SSSR count). The maximum Gasteiger partial charge on any atom is 0.243 e. The Bertz CT molecular complexity index is 530. The Morgan fingerprint density at radius 3 is 2.44 bits per heavy atom. The summed E-state index contributed by atoms with van der Waals surface area (Å²) in [6.07, 6.45) is 1.97. The molecule has 3 saturated heterocycles. The molecule has 3 aliphatic heterocycles. The molecule has 0 saturated carbocycles. The number of nitrogens with zero attached hydrogens (tertiary/aromatic N) is 1. The fourth-order valence-electron chi connectivity index (χ4n) is 2.65. The lowest BCUT2D eigenvalue weighted by molar-refractivity contribution is -0.0754. The number of morpholine rings is 1. The second kappa shape index (κ2) is 4.33. The van der Waals surface area contributed by atoms with Gasteiger partial charge in [-0.05, 0) is 31.9 Å². The van der Waals surface area contributed by atoms with E-state index in [-0.39, 0.29) is 12.1 Å². The predicted octanol–water partition coefficient (Wildman–Crippen LogP) is 1.55. The van der Waals surface area contributed by atoms with E-state index in [9.17, 15) is 8.42 Å². The summed E-state index contributed by atoms with van der Waals surface area (Å²) in [4.78, 5) is 0.389. The molecule has 0 spiro atoms. The summed E-state index contributed by atoms with van der Waals surface area (Å²) in [5, 5.41) is 0. The molecule has 0 radical (unpaired) electrons. The number of piperidine rings is 1. The molecule has 5 heteroatoms. The molecule has 3 fully saturated rings. The van der Waals surface area contributed by atoms with Gasteiger partial charge in [-0.15, -0.1) is 0 Å². The standard InChI is InChI=1S/C13H17NO3S/c1-10-2-6-13(7-3-10)18(15,16)14-8-12-5-4-11(14)9-17-12/h2-3,6-7,11-12H,4-5,8-9H2,1H3/t11-,12+/m0/s1. The summed E-state index contributed by atoms with van der Waals surface area (Å²) in [6.45, 7) is 2.99. The first-order valence-corrected chi connectivity index (χ1v) is 7.71. The summed E-state index contributed by atoms with van der Waals surface area (Å²) in [6, 6.07) is 7.07. The SMILES string of the molecule is Cc1ccc(S(=O)(=O)N2C[C@H]3CC[C@H]2CO3)cc1. The summed E-state index contributed by atoms with van der Waals surface area (Å²) in [5.41, 5.74) is 1.07. The molecule has 1 aromatic rings. The third kappa shape index (κ3) is 1.96. The van der Waals surface area contributed by atoms with Crippen molar-refractivity contribution in [3.05, 3.63) is 29.8 Å². The van der Waals surface area contributed by atoms with E-state index in [0.717, 1.165) is 18.4 Å². The lowest BCUT2D eigenvalue weighted by Gasteiger charge is -2.43. The minimum atomic E-state index is -3.36. The highest BCUT2D eigenvalue weighted by Gasteiger charge is 2.41. The molecule has 0 aromatic heterocycles. The van der Waals surface area contributed by atoms with E-state index in [2.05, 4.69) is 0 Å². The van der Waals surface area contributed by atoms with Crippen molar-refractivity contribution >= 4 is 10.0 Å². The van der Waals surface area contributed by atoms with E-state index < -0.39 is 10.0 Å². The minimum Gasteiger partial charge on any atom is -0.375 e. The zero-order chi connectivity index (χ0) is 12.8. The molecule has 2 bridgehead atoms. The van der Waals surface area contributed by atoms with Crippen LogP contribution >= 0.6 is 0 Å². The molecular weight excluding hydrogens is 250 g/mol. The van der Waals surface area contributed by atoms with Crippen LogP contribution in [-0.2, 0) is 14.8 Å². The largest absolute Gasteiger partial charge is 0.375 e. The summed E-state index contributed by atoms with van der Waals surface area (Å²) < 4.78 is 32.3. The molecule has 2 atom stereocenters. The fourth-order valence-corrected chi connectivity index (χ4v) is 4.33. The van der Waals surface area contributed by atoms with E-state index in [1.54, 1.807) is 16.4 Å². The van der Waals surface area contributed by atoms with Gasteiger partial charge in [0.15, 0.2) is 0 Å². The van der Waals surface area contributed by atoms with Crippen LogP contribution in [0.25, 0.3) is 0 Å². The highest BCUT2D eigenvalue weighted by molar-refractivity contribution is 7.89.